The molecule has 41 heavy (non-hydrogen) atoms. The number of aromatic nitrogens is 1. The number of likely N-dealkylation sites (N-methyl/N-ethyl adjacent to an activating group) is 1. The van der Waals surface area contributed by atoms with Crippen LogP contribution in [0.5, 0.6) is 5.75 Å². The van der Waals surface area contributed by atoms with Crippen molar-refractivity contribution in [1.82, 2.24) is 9.88 Å². The van der Waals surface area contributed by atoms with E-state index in [1.54, 1.807) is 62.7 Å². The highest BCUT2D eigenvalue weighted by atomic mass is 16.5. The summed E-state index contributed by atoms with van der Waals surface area (Å²) in [5, 5.41) is 5.45. The number of anilines is 3. The molecule has 4 N–H and O–H groups in total. The number of carbonyl (C=O) groups is 3. The van der Waals surface area contributed by atoms with Gasteiger partial charge < -0.3 is 30.6 Å². The minimum absolute atomic E-state index is 0.261. The minimum atomic E-state index is -0.883. The highest BCUT2D eigenvalue weighted by molar-refractivity contribution is 6.04. The standard InChI is InChI=1S/C31H31N5O5/c1-35(25-12-14-26(41-2)15-13-25)31(40)27(18-21-6-4-3-5-7-21)34-28(37)20-36-17-16-24(19-29(36)38)33-30(39)22-8-10-23(32)11-9-22/h3-17,19,27H,18,20,32H2,1-2H3,(H,33,39)(H,34,37). The maximum atomic E-state index is 13.5. The van der Waals surface area contributed by atoms with E-state index in [1.165, 1.54) is 27.8 Å². The van der Waals surface area contributed by atoms with E-state index in [0.717, 1.165) is 5.56 Å². The van der Waals surface area contributed by atoms with Gasteiger partial charge in [0.05, 0.1) is 7.11 Å². The molecule has 1 unspecified atom stereocenters. The van der Waals surface area contributed by atoms with Gasteiger partial charge in [0, 0.05) is 48.4 Å². The zero-order valence-electron chi connectivity index (χ0n) is 22.7. The maximum absolute atomic E-state index is 13.5. The molecule has 4 aromatic rings. The highest BCUT2D eigenvalue weighted by Gasteiger charge is 2.25. The van der Waals surface area contributed by atoms with Crippen LogP contribution in [-0.2, 0) is 22.6 Å². The van der Waals surface area contributed by atoms with Gasteiger partial charge in [-0.3, -0.25) is 19.2 Å². The molecule has 1 aromatic heterocycles. The molecule has 210 valence electrons. The van der Waals surface area contributed by atoms with Crippen LogP contribution in [0.1, 0.15) is 15.9 Å². The van der Waals surface area contributed by atoms with Crippen LogP contribution in [0.4, 0.5) is 17.1 Å². The number of ether oxygens (including phenoxy) is 1. The first-order chi connectivity index (χ1) is 19.7. The van der Waals surface area contributed by atoms with Gasteiger partial charge in [0.25, 0.3) is 11.5 Å². The maximum Gasteiger partial charge on any atom is 0.255 e. The fraction of sp³-hybridized carbons (Fsp3) is 0.161. The van der Waals surface area contributed by atoms with Crippen molar-refractivity contribution in [2.24, 2.45) is 0 Å². The molecule has 0 aliphatic heterocycles. The predicted molar refractivity (Wildman–Crippen MR) is 158 cm³/mol. The van der Waals surface area contributed by atoms with E-state index in [1.807, 2.05) is 30.3 Å². The number of pyridine rings is 1. The summed E-state index contributed by atoms with van der Waals surface area (Å²) < 4.78 is 6.39. The summed E-state index contributed by atoms with van der Waals surface area (Å²) in [5.41, 5.74) is 7.87. The Kier molecular flexibility index (Phi) is 9.16. The second-order valence-electron chi connectivity index (χ2n) is 9.36. The lowest BCUT2D eigenvalue weighted by Crippen LogP contribution is -2.50. The van der Waals surface area contributed by atoms with Crippen LogP contribution in [0.25, 0.3) is 0 Å². The monoisotopic (exact) mass is 553 g/mol. The Bertz CT molecular complexity index is 1570. The fourth-order valence-corrected chi connectivity index (χ4v) is 4.17. The number of hydrogen-bond donors (Lipinski definition) is 3. The topological polar surface area (TPSA) is 136 Å². The Hall–Kier alpha value is -5.38. The normalized spacial score (nSPS) is 11.3. The Morgan fingerprint density at radius 2 is 1.63 bits per heavy atom. The van der Waals surface area contributed by atoms with Gasteiger partial charge in [0.1, 0.15) is 18.3 Å². The molecule has 0 aliphatic carbocycles. The van der Waals surface area contributed by atoms with Crippen LogP contribution < -0.4 is 31.6 Å². The number of nitrogens with one attached hydrogen (secondary N) is 2. The van der Waals surface area contributed by atoms with Gasteiger partial charge in [-0.1, -0.05) is 30.3 Å². The number of nitrogens with two attached hydrogens (primary N) is 1. The molecule has 0 aliphatic rings. The summed E-state index contributed by atoms with van der Waals surface area (Å²) in [4.78, 5) is 53.2. The van der Waals surface area contributed by atoms with Gasteiger partial charge in [-0.05, 0) is 60.2 Å². The molecule has 1 atom stereocenters. The summed E-state index contributed by atoms with van der Waals surface area (Å²) >= 11 is 0. The molecule has 0 fully saturated rings. The summed E-state index contributed by atoms with van der Waals surface area (Å²) in [5.74, 6) is -0.572. The number of methoxy groups -OCH3 is 1. The molecule has 0 saturated carbocycles. The highest BCUT2D eigenvalue weighted by Crippen LogP contribution is 2.19. The number of nitrogen functional groups attached to an aromatic ring is 1. The summed E-state index contributed by atoms with van der Waals surface area (Å²) in [7, 11) is 3.20. The Morgan fingerprint density at radius 3 is 2.27 bits per heavy atom. The number of amides is 3. The number of benzene rings is 3. The average molecular weight is 554 g/mol. The summed E-state index contributed by atoms with van der Waals surface area (Å²) in [6.45, 7) is -0.310. The van der Waals surface area contributed by atoms with Crippen LogP contribution in [0.3, 0.4) is 0 Å². The number of hydrogen-bond acceptors (Lipinski definition) is 6. The largest absolute Gasteiger partial charge is 0.497 e. The SMILES string of the molecule is COc1ccc(N(C)C(=O)C(Cc2ccccc2)NC(=O)Cn2ccc(NC(=O)c3ccc(N)cc3)cc2=O)cc1. The van der Waals surface area contributed by atoms with Gasteiger partial charge in [-0.15, -0.1) is 0 Å². The minimum Gasteiger partial charge on any atom is -0.497 e. The van der Waals surface area contributed by atoms with Crippen molar-refractivity contribution in [2.75, 3.05) is 30.1 Å². The molecule has 4 rings (SSSR count). The van der Waals surface area contributed by atoms with Crippen molar-refractivity contribution >= 4 is 34.8 Å². The number of rotatable bonds is 10. The quantitative estimate of drug-likeness (QED) is 0.258. The lowest BCUT2D eigenvalue weighted by molar-refractivity contribution is -0.127. The molecule has 3 amide bonds. The molecule has 3 aromatic carbocycles. The van der Waals surface area contributed by atoms with Gasteiger partial charge in [-0.2, -0.15) is 0 Å². The third kappa shape index (κ3) is 7.60. The van der Waals surface area contributed by atoms with E-state index in [2.05, 4.69) is 10.6 Å². The molecular formula is C31H31N5O5. The third-order valence-electron chi connectivity index (χ3n) is 6.45. The number of nitrogens with zero attached hydrogens (tertiary/aromatic N) is 2. The van der Waals surface area contributed by atoms with E-state index in [0.29, 0.717) is 22.7 Å². The second-order valence-corrected chi connectivity index (χ2v) is 9.36. The predicted octanol–water partition coefficient (Wildman–Crippen LogP) is 3.08. The van der Waals surface area contributed by atoms with Crippen LogP contribution >= 0.6 is 0 Å². The molecule has 1 heterocycles. The van der Waals surface area contributed by atoms with Gasteiger partial charge in [0.2, 0.25) is 11.8 Å². The van der Waals surface area contributed by atoms with Crippen molar-refractivity contribution < 1.29 is 19.1 Å². The molecule has 10 heteroatoms. The molecule has 0 radical (unpaired) electrons. The Morgan fingerprint density at radius 1 is 0.951 bits per heavy atom. The molecule has 0 spiro atoms. The van der Waals surface area contributed by atoms with Crippen LogP contribution in [0.15, 0.2) is 102 Å². The van der Waals surface area contributed by atoms with E-state index in [4.69, 9.17) is 10.5 Å². The summed E-state index contributed by atoms with van der Waals surface area (Å²) in [6, 6.07) is 24.6. The van der Waals surface area contributed by atoms with E-state index >= 15 is 0 Å². The second kappa shape index (κ2) is 13.1. The smallest absolute Gasteiger partial charge is 0.255 e. The first-order valence-electron chi connectivity index (χ1n) is 12.9. The van der Waals surface area contributed by atoms with Gasteiger partial charge in [0.15, 0.2) is 0 Å². The molecule has 10 nitrogen and oxygen atoms in total. The lowest BCUT2D eigenvalue weighted by Gasteiger charge is -2.25. The fourth-order valence-electron chi connectivity index (χ4n) is 4.17. The van der Waals surface area contributed by atoms with Crippen molar-refractivity contribution in [3.8, 4) is 5.75 Å². The lowest BCUT2D eigenvalue weighted by atomic mass is 10.0. The van der Waals surface area contributed by atoms with Crippen LogP contribution in [0, 0.1) is 0 Å². The van der Waals surface area contributed by atoms with Crippen molar-refractivity contribution in [3.63, 3.8) is 0 Å². The number of carbonyl (C=O) groups excluding carboxylic acids is 3. The first kappa shape index (κ1) is 28.6. The molecule has 0 saturated heterocycles. The van der Waals surface area contributed by atoms with E-state index < -0.39 is 23.4 Å². The molecular weight excluding hydrogens is 522 g/mol. The van der Waals surface area contributed by atoms with E-state index in [-0.39, 0.29) is 24.6 Å². The van der Waals surface area contributed by atoms with Crippen molar-refractivity contribution in [1.29, 1.82) is 0 Å². The Balaban J connectivity index is 1.45. The van der Waals surface area contributed by atoms with Gasteiger partial charge in [-0.25, -0.2) is 0 Å². The zero-order chi connectivity index (χ0) is 29.4. The first-order valence-corrected chi connectivity index (χ1v) is 12.9. The Labute approximate surface area is 237 Å². The summed E-state index contributed by atoms with van der Waals surface area (Å²) in [6.07, 6.45) is 1.68. The van der Waals surface area contributed by atoms with Crippen molar-refractivity contribution in [2.45, 2.75) is 19.0 Å². The van der Waals surface area contributed by atoms with Gasteiger partial charge >= 0.3 is 0 Å². The van der Waals surface area contributed by atoms with E-state index in [9.17, 15) is 19.2 Å². The average Bonchev–Trinajstić information content (AvgIpc) is 2.98. The van der Waals surface area contributed by atoms with Crippen molar-refractivity contribution in [3.05, 3.63) is 119 Å². The molecule has 0 bridgehead atoms. The van der Waals surface area contributed by atoms with Crippen LogP contribution in [-0.4, -0.2) is 42.5 Å². The third-order valence-corrected chi connectivity index (χ3v) is 6.45. The van der Waals surface area contributed by atoms with Crippen LogP contribution in [0.2, 0.25) is 0 Å². The zero-order valence-corrected chi connectivity index (χ0v) is 22.7.